The predicted octanol–water partition coefficient (Wildman–Crippen LogP) is 3.48. The van der Waals surface area contributed by atoms with Gasteiger partial charge in [-0.15, -0.1) is 11.3 Å². The maximum Gasteiger partial charge on any atom is 0.273 e. The average Bonchev–Trinajstić information content (AvgIpc) is 2.74. The summed E-state index contributed by atoms with van der Waals surface area (Å²) in [5.41, 5.74) is 6.98. The number of nitro benzene ring substituents is 1. The Balaban J connectivity index is 2.68. The molecule has 0 bridgehead atoms. The first kappa shape index (κ1) is 14.0. The van der Waals surface area contributed by atoms with Crippen molar-refractivity contribution in [3.63, 3.8) is 0 Å². The van der Waals surface area contributed by atoms with Crippen molar-refractivity contribution < 1.29 is 9.31 Å². The van der Waals surface area contributed by atoms with E-state index in [1.165, 1.54) is 12.1 Å². The molecule has 0 aliphatic carbocycles. The molecule has 2 aromatic rings. The number of nitro groups is 1. The molecule has 2 rings (SSSR count). The zero-order valence-electron chi connectivity index (χ0n) is 10.5. The first-order valence-corrected chi connectivity index (χ1v) is 6.56. The maximum atomic E-state index is 13.5. The van der Waals surface area contributed by atoms with Crippen LogP contribution in [0.15, 0.2) is 18.2 Å². The monoisotopic (exact) mass is 291 g/mol. The standard InChI is InChI=1S/C13H10FN3O2S/c1-2-10-12(16)11(6-15)20-13(10)7-3-8(14)5-9(4-7)17(18)19/h3-5H,2,16H2,1H3. The number of halogens is 1. The number of rotatable bonds is 3. The van der Waals surface area contributed by atoms with Gasteiger partial charge in [-0.25, -0.2) is 4.39 Å². The van der Waals surface area contributed by atoms with Gasteiger partial charge in [-0.2, -0.15) is 5.26 Å². The van der Waals surface area contributed by atoms with E-state index < -0.39 is 10.7 Å². The third-order valence-corrected chi connectivity index (χ3v) is 4.06. The minimum absolute atomic E-state index is 0.326. The Morgan fingerprint density at radius 3 is 2.75 bits per heavy atom. The molecule has 0 fully saturated rings. The third kappa shape index (κ3) is 2.33. The fourth-order valence-corrected chi connectivity index (χ4v) is 3.05. The lowest BCUT2D eigenvalue weighted by Crippen LogP contribution is -1.93. The van der Waals surface area contributed by atoms with Crippen LogP contribution in [0.1, 0.15) is 17.4 Å². The molecule has 1 aromatic carbocycles. The molecular formula is C13H10FN3O2S. The lowest BCUT2D eigenvalue weighted by atomic mass is 10.1. The van der Waals surface area contributed by atoms with Crippen LogP contribution in [0.3, 0.4) is 0 Å². The Labute approximate surface area is 118 Å². The Morgan fingerprint density at radius 1 is 1.50 bits per heavy atom. The summed E-state index contributed by atoms with van der Waals surface area (Å²) < 4.78 is 13.5. The fourth-order valence-electron chi connectivity index (χ4n) is 1.96. The van der Waals surface area contributed by atoms with E-state index >= 15 is 0 Å². The average molecular weight is 291 g/mol. The molecule has 0 saturated carbocycles. The Bertz CT molecular complexity index is 734. The molecule has 0 radical (unpaired) electrons. The first-order chi connectivity index (χ1) is 9.47. The molecule has 2 N–H and O–H groups in total. The van der Waals surface area contributed by atoms with Crippen molar-refractivity contribution in [2.75, 3.05) is 5.73 Å². The van der Waals surface area contributed by atoms with Crippen LogP contribution >= 0.6 is 11.3 Å². The van der Waals surface area contributed by atoms with E-state index in [-0.39, 0.29) is 5.69 Å². The van der Waals surface area contributed by atoms with Crippen LogP contribution < -0.4 is 5.73 Å². The largest absolute Gasteiger partial charge is 0.397 e. The van der Waals surface area contributed by atoms with Crippen molar-refractivity contribution >= 4 is 22.7 Å². The normalized spacial score (nSPS) is 10.2. The van der Waals surface area contributed by atoms with Crippen LogP contribution in [0.25, 0.3) is 10.4 Å². The van der Waals surface area contributed by atoms with Gasteiger partial charge in [-0.1, -0.05) is 6.92 Å². The second-order valence-corrected chi connectivity index (χ2v) is 5.09. The van der Waals surface area contributed by atoms with Crippen LogP contribution in [0.2, 0.25) is 0 Å². The van der Waals surface area contributed by atoms with Gasteiger partial charge in [-0.3, -0.25) is 10.1 Å². The van der Waals surface area contributed by atoms with E-state index in [9.17, 15) is 14.5 Å². The highest BCUT2D eigenvalue weighted by Crippen LogP contribution is 2.39. The summed E-state index contributed by atoms with van der Waals surface area (Å²) in [5.74, 6) is -0.693. The van der Waals surface area contributed by atoms with Gasteiger partial charge in [0.1, 0.15) is 16.8 Å². The number of nitrogens with zero attached hydrogens (tertiary/aromatic N) is 2. The number of nitrogens with two attached hydrogens (primary N) is 1. The van der Waals surface area contributed by atoms with E-state index in [1.54, 1.807) is 0 Å². The molecule has 0 unspecified atom stereocenters. The smallest absolute Gasteiger partial charge is 0.273 e. The highest BCUT2D eigenvalue weighted by Gasteiger charge is 2.19. The minimum Gasteiger partial charge on any atom is -0.397 e. The molecular weight excluding hydrogens is 281 g/mol. The zero-order valence-corrected chi connectivity index (χ0v) is 11.3. The van der Waals surface area contributed by atoms with E-state index in [4.69, 9.17) is 11.0 Å². The van der Waals surface area contributed by atoms with Crippen LogP contribution in [0.5, 0.6) is 0 Å². The number of thiophene rings is 1. The third-order valence-electron chi connectivity index (χ3n) is 2.86. The molecule has 0 aliphatic heterocycles. The predicted molar refractivity (Wildman–Crippen MR) is 74.9 cm³/mol. The number of hydrogen-bond acceptors (Lipinski definition) is 5. The maximum absolute atomic E-state index is 13.5. The lowest BCUT2D eigenvalue weighted by Gasteiger charge is -2.03. The van der Waals surface area contributed by atoms with Crippen molar-refractivity contribution in [2.45, 2.75) is 13.3 Å². The van der Waals surface area contributed by atoms with Crippen LogP contribution in [-0.4, -0.2) is 4.92 Å². The fraction of sp³-hybridized carbons (Fsp3) is 0.154. The summed E-state index contributed by atoms with van der Waals surface area (Å²) in [6.45, 7) is 1.86. The number of nitrogen functional groups attached to an aromatic ring is 1. The molecule has 0 amide bonds. The molecule has 102 valence electrons. The Kier molecular flexibility index (Phi) is 3.68. The van der Waals surface area contributed by atoms with Gasteiger partial charge in [-0.05, 0) is 18.1 Å². The van der Waals surface area contributed by atoms with Crippen LogP contribution in [0.4, 0.5) is 15.8 Å². The summed E-state index contributed by atoms with van der Waals surface area (Å²) in [7, 11) is 0. The molecule has 0 spiro atoms. The summed E-state index contributed by atoms with van der Waals surface area (Å²) >= 11 is 1.12. The zero-order chi connectivity index (χ0) is 14.9. The van der Waals surface area contributed by atoms with Gasteiger partial charge in [0.25, 0.3) is 5.69 Å². The molecule has 0 saturated heterocycles. The van der Waals surface area contributed by atoms with E-state index in [0.717, 1.165) is 17.4 Å². The van der Waals surface area contributed by atoms with Crippen molar-refractivity contribution in [1.82, 2.24) is 0 Å². The summed E-state index contributed by atoms with van der Waals surface area (Å²) in [4.78, 5) is 11.1. The lowest BCUT2D eigenvalue weighted by molar-refractivity contribution is -0.385. The van der Waals surface area contributed by atoms with Gasteiger partial charge < -0.3 is 5.73 Å². The number of benzene rings is 1. The number of non-ortho nitro benzene ring substituents is 1. The molecule has 0 atom stereocenters. The van der Waals surface area contributed by atoms with Gasteiger partial charge in [0.2, 0.25) is 0 Å². The SMILES string of the molecule is CCc1c(-c2cc(F)cc([N+](=O)[O-])c2)sc(C#N)c1N. The van der Waals surface area contributed by atoms with Crippen LogP contribution in [-0.2, 0) is 6.42 Å². The van der Waals surface area contributed by atoms with Gasteiger partial charge in [0.15, 0.2) is 0 Å². The van der Waals surface area contributed by atoms with Crippen molar-refractivity contribution in [1.29, 1.82) is 5.26 Å². The summed E-state index contributed by atoms with van der Waals surface area (Å²) in [6, 6.07) is 5.33. The number of nitriles is 1. The highest BCUT2D eigenvalue weighted by molar-refractivity contribution is 7.16. The molecule has 0 aliphatic rings. The van der Waals surface area contributed by atoms with E-state index in [2.05, 4.69) is 0 Å². The Morgan fingerprint density at radius 2 is 2.20 bits per heavy atom. The van der Waals surface area contributed by atoms with E-state index in [1.807, 2.05) is 13.0 Å². The Hall–Kier alpha value is -2.46. The quantitative estimate of drug-likeness (QED) is 0.692. The van der Waals surface area contributed by atoms with Crippen molar-refractivity contribution in [2.24, 2.45) is 0 Å². The molecule has 1 heterocycles. The highest BCUT2D eigenvalue weighted by atomic mass is 32.1. The van der Waals surface area contributed by atoms with Crippen molar-refractivity contribution in [3.8, 4) is 16.5 Å². The van der Waals surface area contributed by atoms with Gasteiger partial charge in [0, 0.05) is 16.5 Å². The second kappa shape index (κ2) is 5.27. The van der Waals surface area contributed by atoms with Crippen molar-refractivity contribution in [3.05, 3.63) is 44.6 Å². The molecule has 20 heavy (non-hydrogen) atoms. The first-order valence-electron chi connectivity index (χ1n) is 5.74. The number of anilines is 1. The topological polar surface area (TPSA) is 93.0 Å². The van der Waals surface area contributed by atoms with Crippen LogP contribution in [0, 0.1) is 27.3 Å². The van der Waals surface area contributed by atoms with Gasteiger partial charge >= 0.3 is 0 Å². The molecule has 7 heteroatoms. The second-order valence-electron chi connectivity index (χ2n) is 4.07. The summed E-state index contributed by atoms with van der Waals surface area (Å²) in [5, 5.41) is 19.8. The van der Waals surface area contributed by atoms with E-state index in [0.29, 0.717) is 33.0 Å². The van der Waals surface area contributed by atoms with Gasteiger partial charge in [0.05, 0.1) is 16.7 Å². The number of hydrogen-bond donors (Lipinski definition) is 1. The molecule has 5 nitrogen and oxygen atoms in total. The molecule has 1 aromatic heterocycles. The minimum atomic E-state index is -0.693. The summed E-state index contributed by atoms with van der Waals surface area (Å²) in [6.07, 6.45) is 0.559.